The SMILES string of the molecule is CCOc1cc(C=Nn2c(CC)nc3ccc(Br)cc3c2=O)c(Br)cc1OCc1cccc(C)c1. The van der Waals surface area contributed by atoms with E-state index >= 15 is 0 Å². The van der Waals surface area contributed by atoms with Crippen molar-refractivity contribution in [3.05, 3.63) is 96.4 Å². The van der Waals surface area contributed by atoms with Gasteiger partial charge in [-0.15, -0.1) is 0 Å². The van der Waals surface area contributed by atoms with Gasteiger partial charge < -0.3 is 9.47 Å². The molecule has 0 atom stereocenters. The topological polar surface area (TPSA) is 65.7 Å². The van der Waals surface area contributed by atoms with Crippen LogP contribution in [0.4, 0.5) is 0 Å². The minimum absolute atomic E-state index is 0.219. The second-order valence-corrected chi connectivity index (χ2v) is 9.71. The summed E-state index contributed by atoms with van der Waals surface area (Å²) < 4.78 is 14.9. The summed E-state index contributed by atoms with van der Waals surface area (Å²) in [6.07, 6.45) is 2.19. The number of fused-ring (bicyclic) bond motifs is 1. The summed E-state index contributed by atoms with van der Waals surface area (Å²) in [4.78, 5) is 17.8. The first-order chi connectivity index (χ1) is 16.9. The monoisotopic (exact) mass is 597 g/mol. The molecule has 0 unspecified atom stereocenters. The lowest BCUT2D eigenvalue weighted by Crippen LogP contribution is -2.22. The van der Waals surface area contributed by atoms with Crippen LogP contribution in [0, 0.1) is 6.92 Å². The molecule has 0 aliphatic rings. The van der Waals surface area contributed by atoms with Gasteiger partial charge in [-0.3, -0.25) is 4.79 Å². The lowest BCUT2D eigenvalue weighted by molar-refractivity contribution is 0.269. The Kier molecular flexibility index (Phi) is 8.03. The Hall–Kier alpha value is -2.97. The maximum atomic E-state index is 13.2. The first-order valence-electron chi connectivity index (χ1n) is 11.3. The number of hydrogen-bond donors (Lipinski definition) is 0. The average Bonchev–Trinajstić information content (AvgIpc) is 2.84. The van der Waals surface area contributed by atoms with E-state index in [0.717, 1.165) is 20.1 Å². The van der Waals surface area contributed by atoms with Gasteiger partial charge in [0.2, 0.25) is 0 Å². The van der Waals surface area contributed by atoms with Crippen LogP contribution in [0.3, 0.4) is 0 Å². The van der Waals surface area contributed by atoms with Gasteiger partial charge in [0.25, 0.3) is 5.56 Å². The Labute approximate surface area is 220 Å². The summed E-state index contributed by atoms with van der Waals surface area (Å²) in [6, 6.07) is 17.4. The summed E-state index contributed by atoms with van der Waals surface area (Å²) in [7, 11) is 0. The van der Waals surface area contributed by atoms with Gasteiger partial charge >= 0.3 is 0 Å². The highest BCUT2D eigenvalue weighted by Gasteiger charge is 2.13. The Bertz CT molecular complexity index is 1460. The average molecular weight is 599 g/mol. The largest absolute Gasteiger partial charge is 0.490 e. The first-order valence-corrected chi connectivity index (χ1v) is 12.9. The molecule has 0 N–H and O–H groups in total. The van der Waals surface area contributed by atoms with Crippen molar-refractivity contribution in [2.24, 2.45) is 5.10 Å². The summed E-state index contributed by atoms with van der Waals surface area (Å²) in [6.45, 7) is 6.84. The van der Waals surface area contributed by atoms with Crippen LogP contribution in [-0.4, -0.2) is 22.5 Å². The summed E-state index contributed by atoms with van der Waals surface area (Å²) in [5, 5.41) is 5.00. The second-order valence-electron chi connectivity index (χ2n) is 7.94. The minimum Gasteiger partial charge on any atom is -0.490 e. The molecule has 35 heavy (non-hydrogen) atoms. The Morgan fingerprint density at radius 1 is 1.03 bits per heavy atom. The fraction of sp³-hybridized carbons (Fsp3) is 0.222. The summed E-state index contributed by atoms with van der Waals surface area (Å²) >= 11 is 7.04. The van der Waals surface area contributed by atoms with Crippen molar-refractivity contribution in [3.8, 4) is 11.5 Å². The van der Waals surface area contributed by atoms with E-state index in [1.165, 1.54) is 10.2 Å². The van der Waals surface area contributed by atoms with Gasteiger partial charge in [-0.2, -0.15) is 9.78 Å². The Morgan fingerprint density at radius 3 is 2.57 bits per heavy atom. The highest BCUT2D eigenvalue weighted by atomic mass is 79.9. The van der Waals surface area contributed by atoms with Crippen LogP contribution in [0.5, 0.6) is 11.5 Å². The Morgan fingerprint density at radius 2 is 1.83 bits per heavy atom. The van der Waals surface area contributed by atoms with Crippen molar-refractivity contribution in [2.75, 3.05) is 6.61 Å². The lowest BCUT2D eigenvalue weighted by atomic mass is 10.1. The van der Waals surface area contributed by atoms with Crippen molar-refractivity contribution in [1.29, 1.82) is 0 Å². The van der Waals surface area contributed by atoms with E-state index in [1.807, 2.05) is 50.2 Å². The Balaban J connectivity index is 1.68. The van der Waals surface area contributed by atoms with E-state index in [-0.39, 0.29) is 5.56 Å². The van der Waals surface area contributed by atoms with E-state index in [0.29, 0.717) is 47.9 Å². The highest BCUT2D eigenvalue weighted by molar-refractivity contribution is 9.10. The van der Waals surface area contributed by atoms with E-state index in [4.69, 9.17) is 9.47 Å². The predicted octanol–water partition coefficient (Wildman–Crippen LogP) is 6.65. The number of rotatable bonds is 8. The third-order valence-electron chi connectivity index (χ3n) is 5.34. The normalized spacial score (nSPS) is 11.3. The molecule has 0 radical (unpaired) electrons. The lowest BCUT2D eigenvalue weighted by Gasteiger charge is -2.14. The third kappa shape index (κ3) is 5.82. The molecule has 0 saturated heterocycles. The third-order valence-corrected chi connectivity index (χ3v) is 6.52. The maximum absolute atomic E-state index is 13.2. The summed E-state index contributed by atoms with van der Waals surface area (Å²) in [5.41, 5.74) is 3.44. The molecule has 0 aliphatic heterocycles. The van der Waals surface area contributed by atoms with Crippen LogP contribution in [0.15, 0.2) is 73.4 Å². The number of halogens is 2. The fourth-order valence-electron chi connectivity index (χ4n) is 3.66. The van der Waals surface area contributed by atoms with Gasteiger partial charge in [0.15, 0.2) is 11.5 Å². The van der Waals surface area contributed by atoms with Crippen LogP contribution in [0.2, 0.25) is 0 Å². The van der Waals surface area contributed by atoms with Crippen molar-refractivity contribution in [2.45, 2.75) is 33.8 Å². The predicted molar refractivity (Wildman–Crippen MR) is 147 cm³/mol. The molecule has 180 valence electrons. The second kappa shape index (κ2) is 11.2. The molecule has 6 nitrogen and oxygen atoms in total. The summed E-state index contributed by atoms with van der Waals surface area (Å²) in [5.74, 6) is 1.81. The van der Waals surface area contributed by atoms with Gasteiger partial charge in [0.1, 0.15) is 12.4 Å². The number of benzene rings is 3. The van der Waals surface area contributed by atoms with E-state index in [2.05, 4.69) is 61.0 Å². The number of hydrogen-bond acceptors (Lipinski definition) is 5. The molecular weight excluding hydrogens is 574 g/mol. The number of ether oxygens (including phenoxy) is 2. The van der Waals surface area contributed by atoms with Gasteiger partial charge in [-0.1, -0.05) is 52.7 Å². The maximum Gasteiger partial charge on any atom is 0.282 e. The van der Waals surface area contributed by atoms with Crippen LogP contribution in [0.1, 0.15) is 36.4 Å². The zero-order chi connectivity index (χ0) is 24.9. The van der Waals surface area contributed by atoms with Crippen LogP contribution >= 0.6 is 31.9 Å². The molecule has 0 saturated carbocycles. The van der Waals surface area contributed by atoms with E-state index in [1.54, 1.807) is 12.3 Å². The van der Waals surface area contributed by atoms with Crippen molar-refractivity contribution < 1.29 is 9.47 Å². The zero-order valence-electron chi connectivity index (χ0n) is 19.7. The van der Waals surface area contributed by atoms with Gasteiger partial charge in [-0.05, 0) is 65.7 Å². The molecule has 1 heterocycles. The number of aromatic nitrogens is 2. The first kappa shape index (κ1) is 25.1. The molecule has 8 heteroatoms. The molecule has 0 amide bonds. The molecule has 3 aromatic carbocycles. The fourth-order valence-corrected chi connectivity index (χ4v) is 4.44. The smallest absolute Gasteiger partial charge is 0.282 e. The van der Waals surface area contributed by atoms with Crippen LogP contribution in [0.25, 0.3) is 10.9 Å². The molecule has 1 aromatic heterocycles. The van der Waals surface area contributed by atoms with E-state index < -0.39 is 0 Å². The van der Waals surface area contributed by atoms with Gasteiger partial charge in [0, 0.05) is 20.9 Å². The molecular formula is C27H25Br2N3O3. The molecule has 4 aromatic rings. The van der Waals surface area contributed by atoms with Crippen LogP contribution in [-0.2, 0) is 13.0 Å². The molecule has 0 spiro atoms. The molecule has 0 bridgehead atoms. The number of nitrogens with zero attached hydrogens (tertiary/aromatic N) is 3. The molecule has 0 aliphatic carbocycles. The molecule has 4 rings (SSSR count). The standard InChI is InChI=1S/C27H25Br2N3O3/c1-4-26-31-23-10-9-20(28)13-21(23)27(33)32(26)30-15-19-12-24(34-5-2)25(14-22(19)29)35-16-18-8-6-7-17(3)11-18/h6-15H,4-5,16H2,1-3H3. The van der Waals surface area contributed by atoms with Gasteiger partial charge in [0.05, 0.1) is 23.7 Å². The van der Waals surface area contributed by atoms with Crippen molar-refractivity contribution in [3.63, 3.8) is 0 Å². The number of aryl methyl sites for hydroxylation is 2. The zero-order valence-corrected chi connectivity index (χ0v) is 22.9. The quantitative estimate of drug-likeness (QED) is 0.213. The van der Waals surface area contributed by atoms with E-state index in [9.17, 15) is 4.79 Å². The van der Waals surface area contributed by atoms with Gasteiger partial charge in [-0.25, -0.2) is 4.98 Å². The van der Waals surface area contributed by atoms with Crippen molar-refractivity contribution in [1.82, 2.24) is 9.66 Å². The molecule has 0 fully saturated rings. The van der Waals surface area contributed by atoms with Crippen molar-refractivity contribution >= 4 is 49.0 Å². The minimum atomic E-state index is -0.219. The highest BCUT2D eigenvalue weighted by Crippen LogP contribution is 2.34. The van der Waals surface area contributed by atoms with Crippen LogP contribution < -0.4 is 15.0 Å².